The Labute approximate surface area is 270 Å². The summed E-state index contributed by atoms with van der Waals surface area (Å²) in [5, 5.41) is 2.24. The third-order valence-corrected chi connectivity index (χ3v) is 9.57. The minimum Gasteiger partial charge on any atom is -0.444 e. The number of amides is 1. The van der Waals surface area contributed by atoms with Gasteiger partial charge < -0.3 is 15.0 Å². The number of alkyl carbamates (subject to hydrolysis) is 1. The highest BCUT2D eigenvalue weighted by Gasteiger charge is 2.37. The Morgan fingerprint density at radius 3 is 2.47 bits per heavy atom. The average molecular weight is 692 g/mol. The van der Waals surface area contributed by atoms with Crippen LogP contribution in [0.3, 0.4) is 0 Å². The number of hydrogen-bond acceptors (Lipinski definition) is 6. The number of nitrogens with zero attached hydrogens (tertiary/aromatic N) is 2. The first-order chi connectivity index (χ1) is 20.9. The number of ether oxygens (including phenoxy) is 1. The van der Waals surface area contributed by atoms with E-state index in [1.807, 2.05) is 0 Å². The minimum atomic E-state index is -4.88. The molecule has 0 bridgehead atoms. The van der Waals surface area contributed by atoms with Gasteiger partial charge in [0.2, 0.25) is 0 Å². The topological polar surface area (TPSA) is 114 Å². The van der Waals surface area contributed by atoms with Crippen molar-refractivity contribution < 1.29 is 26.9 Å². The normalized spacial score (nSPS) is 17.0. The summed E-state index contributed by atoms with van der Waals surface area (Å²) in [6, 6.07) is 3.43. The van der Waals surface area contributed by atoms with Crippen molar-refractivity contribution in [2.75, 3.05) is 18.8 Å². The van der Waals surface area contributed by atoms with Crippen molar-refractivity contribution in [3.63, 3.8) is 0 Å². The number of H-pyrrole nitrogens is 1. The van der Waals surface area contributed by atoms with E-state index in [4.69, 9.17) is 27.9 Å². The number of hydrogen-bond donors (Lipinski definition) is 2. The van der Waals surface area contributed by atoms with Crippen LogP contribution in [0, 0.1) is 6.92 Å². The Morgan fingerprint density at radius 1 is 1.16 bits per heavy atom. The zero-order valence-corrected chi connectivity index (χ0v) is 27.8. The van der Waals surface area contributed by atoms with E-state index < -0.39 is 55.9 Å². The molecular weight excluding hydrogens is 656 g/mol. The first kappa shape index (κ1) is 35.0. The fourth-order valence-corrected chi connectivity index (χ4v) is 7.25. The molecule has 1 amide bonds. The standard InChI is InChI=1S/C30H35Cl2F3N4O5S/c1-6-45(43)25-16(2)10-18(31)11-17(25)13-39-26(40)20-12-22(30(33,34)35)21(23(32)24(20)37-27(39)41)15-38-9-7-8-19(14-38)36-28(42)44-29(3,4)5/h10-12,19H,6-9,13-15H2,1-5H3,(H,36,42)(H,37,41). The largest absolute Gasteiger partial charge is 0.444 e. The number of fused-ring (bicyclic) bond motifs is 1. The smallest absolute Gasteiger partial charge is 0.416 e. The van der Waals surface area contributed by atoms with Crippen molar-refractivity contribution in [3.8, 4) is 0 Å². The highest BCUT2D eigenvalue weighted by atomic mass is 35.5. The van der Waals surface area contributed by atoms with Crippen molar-refractivity contribution in [1.82, 2.24) is 19.8 Å². The molecule has 2 unspecified atom stereocenters. The monoisotopic (exact) mass is 690 g/mol. The Hall–Kier alpha value is -2.87. The maximum absolute atomic E-state index is 14.5. The highest BCUT2D eigenvalue weighted by molar-refractivity contribution is 7.85. The van der Waals surface area contributed by atoms with Crippen LogP contribution in [0.15, 0.2) is 32.7 Å². The van der Waals surface area contributed by atoms with E-state index in [-0.39, 0.29) is 47.5 Å². The Bertz CT molecular complexity index is 1770. The summed E-state index contributed by atoms with van der Waals surface area (Å²) in [6.07, 6.45) is -4.29. The molecule has 0 spiro atoms. The van der Waals surface area contributed by atoms with Crippen molar-refractivity contribution in [2.24, 2.45) is 0 Å². The molecule has 9 nitrogen and oxygen atoms in total. The maximum atomic E-state index is 14.5. The summed E-state index contributed by atoms with van der Waals surface area (Å²) >= 11 is 12.8. The summed E-state index contributed by atoms with van der Waals surface area (Å²) in [4.78, 5) is 43.7. The van der Waals surface area contributed by atoms with Gasteiger partial charge in [-0.15, -0.1) is 0 Å². The lowest BCUT2D eigenvalue weighted by Crippen LogP contribution is -2.48. The van der Waals surface area contributed by atoms with Crippen molar-refractivity contribution in [2.45, 2.75) is 83.3 Å². The number of benzene rings is 2. The number of piperidine rings is 1. The second-order valence-corrected chi connectivity index (χ2v) is 14.5. The van der Waals surface area contributed by atoms with E-state index in [2.05, 4.69) is 10.3 Å². The molecule has 0 saturated carbocycles. The first-order valence-corrected chi connectivity index (χ1v) is 16.4. The van der Waals surface area contributed by atoms with Crippen LogP contribution >= 0.6 is 23.2 Å². The predicted octanol–water partition coefficient (Wildman–Crippen LogP) is 5.99. The van der Waals surface area contributed by atoms with Gasteiger partial charge in [-0.2, -0.15) is 13.2 Å². The van der Waals surface area contributed by atoms with Gasteiger partial charge in [-0.05, 0) is 82.0 Å². The fraction of sp³-hybridized carbons (Fsp3) is 0.500. The quantitative estimate of drug-likeness (QED) is 0.315. The third-order valence-electron chi connectivity index (χ3n) is 7.37. The number of aromatic amines is 1. The molecule has 45 heavy (non-hydrogen) atoms. The Morgan fingerprint density at radius 2 is 1.84 bits per heavy atom. The van der Waals surface area contributed by atoms with Gasteiger partial charge in [-0.25, -0.2) is 9.59 Å². The molecule has 2 N–H and O–H groups in total. The second kappa shape index (κ2) is 13.5. The molecule has 1 aliphatic heterocycles. The molecule has 0 aliphatic carbocycles. The number of carbonyl (C=O) groups is 1. The van der Waals surface area contributed by atoms with Crippen LogP contribution in [0.2, 0.25) is 10.0 Å². The Kier molecular flexibility index (Phi) is 10.5. The van der Waals surface area contributed by atoms with Crippen LogP contribution in [0.4, 0.5) is 18.0 Å². The lowest BCUT2D eigenvalue weighted by Gasteiger charge is -2.34. The zero-order chi connectivity index (χ0) is 33.4. The van der Waals surface area contributed by atoms with E-state index >= 15 is 0 Å². The van der Waals surface area contributed by atoms with Crippen LogP contribution in [0.5, 0.6) is 0 Å². The Balaban J connectivity index is 1.74. The molecule has 0 radical (unpaired) electrons. The fourth-order valence-electron chi connectivity index (χ4n) is 5.52. The van der Waals surface area contributed by atoms with Crippen LogP contribution < -0.4 is 16.6 Å². The van der Waals surface area contributed by atoms with Crippen molar-refractivity contribution in [3.05, 3.63) is 71.3 Å². The number of rotatable bonds is 7. The van der Waals surface area contributed by atoms with Crippen molar-refractivity contribution in [1.29, 1.82) is 0 Å². The number of carbonyl (C=O) groups excluding carboxylic acids is 1. The lowest BCUT2D eigenvalue weighted by atomic mass is 10.0. The average Bonchev–Trinajstić information content (AvgIpc) is 2.90. The number of aromatic nitrogens is 2. The van der Waals surface area contributed by atoms with Gasteiger partial charge in [-0.3, -0.25) is 18.5 Å². The van der Waals surface area contributed by atoms with Crippen LogP contribution in [-0.2, 0) is 34.8 Å². The molecule has 15 heteroatoms. The summed E-state index contributed by atoms with van der Waals surface area (Å²) in [6.45, 7) is 8.65. The molecular formula is C30H35Cl2F3N4O5S. The van der Waals surface area contributed by atoms with Gasteiger partial charge in [0, 0.05) is 34.8 Å². The summed E-state index contributed by atoms with van der Waals surface area (Å²) in [7, 11) is -1.46. The van der Waals surface area contributed by atoms with Gasteiger partial charge in [0.05, 0.1) is 38.8 Å². The summed E-state index contributed by atoms with van der Waals surface area (Å²) < 4.78 is 62.2. The van der Waals surface area contributed by atoms with Gasteiger partial charge in [-0.1, -0.05) is 30.1 Å². The number of likely N-dealkylation sites (tertiary alicyclic amines) is 1. The SMILES string of the molecule is CCS(=O)c1c(C)cc(Cl)cc1Cn1c(=O)[nH]c2c(Cl)c(CN3CCCC(NC(=O)OC(C)(C)C)C3)c(C(F)(F)F)cc2c1=O. The van der Waals surface area contributed by atoms with E-state index in [1.165, 1.54) is 6.07 Å². The van der Waals surface area contributed by atoms with Gasteiger partial charge in [0.1, 0.15) is 5.60 Å². The molecule has 1 aromatic heterocycles. The molecule has 1 saturated heterocycles. The van der Waals surface area contributed by atoms with E-state index in [0.29, 0.717) is 41.5 Å². The molecule has 1 fully saturated rings. The molecule has 246 valence electrons. The number of halogens is 5. The van der Waals surface area contributed by atoms with Crippen LogP contribution in [0.1, 0.15) is 62.8 Å². The van der Waals surface area contributed by atoms with Crippen molar-refractivity contribution >= 4 is 51.0 Å². The predicted molar refractivity (Wildman–Crippen MR) is 169 cm³/mol. The lowest BCUT2D eigenvalue weighted by molar-refractivity contribution is -0.138. The van der Waals surface area contributed by atoms with Gasteiger partial charge in [0.25, 0.3) is 5.56 Å². The number of alkyl halides is 3. The van der Waals surface area contributed by atoms with Crippen LogP contribution in [0.25, 0.3) is 10.9 Å². The molecule has 2 heterocycles. The summed E-state index contributed by atoms with van der Waals surface area (Å²) in [5.74, 6) is 0.264. The number of aryl methyl sites for hydroxylation is 1. The van der Waals surface area contributed by atoms with Gasteiger partial charge >= 0.3 is 18.0 Å². The molecule has 3 aromatic rings. The minimum absolute atomic E-state index is 0.217. The zero-order valence-electron chi connectivity index (χ0n) is 25.5. The second-order valence-electron chi connectivity index (χ2n) is 12.0. The molecule has 1 aliphatic rings. The maximum Gasteiger partial charge on any atom is 0.416 e. The molecule has 2 atom stereocenters. The first-order valence-electron chi connectivity index (χ1n) is 14.3. The molecule has 2 aromatic carbocycles. The molecule has 4 rings (SSSR count). The van der Waals surface area contributed by atoms with E-state index in [9.17, 15) is 31.8 Å². The van der Waals surface area contributed by atoms with E-state index in [0.717, 1.165) is 4.57 Å². The van der Waals surface area contributed by atoms with E-state index in [1.54, 1.807) is 45.6 Å². The van der Waals surface area contributed by atoms with Gasteiger partial charge in [0.15, 0.2) is 0 Å². The summed E-state index contributed by atoms with van der Waals surface area (Å²) in [5.41, 5.74) is -3.29. The highest BCUT2D eigenvalue weighted by Crippen LogP contribution is 2.39. The third kappa shape index (κ3) is 8.11. The number of nitrogens with one attached hydrogen (secondary N) is 2. The van der Waals surface area contributed by atoms with Crippen LogP contribution in [-0.4, -0.2) is 55.2 Å².